The van der Waals surface area contributed by atoms with Gasteiger partial charge in [0.1, 0.15) is 0 Å². The van der Waals surface area contributed by atoms with Gasteiger partial charge in [-0.2, -0.15) is 0 Å². The zero-order chi connectivity index (χ0) is 17.0. The molecule has 1 aromatic rings. The van der Waals surface area contributed by atoms with Crippen LogP contribution in [0.15, 0.2) is 30.9 Å². The highest BCUT2D eigenvalue weighted by Gasteiger charge is 2.39. The predicted molar refractivity (Wildman–Crippen MR) is 82.5 cm³/mol. The largest absolute Gasteiger partial charge is 0.345 e. The van der Waals surface area contributed by atoms with E-state index in [0.717, 1.165) is 25.0 Å². The number of benzene rings is 1. The summed E-state index contributed by atoms with van der Waals surface area (Å²) in [4.78, 5) is 24.9. The monoisotopic (exact) mass is 322 g/mol. The second-order valence-corrected chi connectivity index (χ2v) is 5.84. The van der Waals surface area contributed by atoms with Crippen molar-refractivity contribution in [2.45, 2.75) is 31.2 Å². The number of amides is 2. The SMILES string of the molecule is C=CC(=O)N(C)CC(=O)NC1(c2cccc(F)c2F)CCCC1. The van der Waals surface area contributed by atoms with Gasteiger partial charge in [0.2, 0.25) is 11.8 Å². The number of rotatable bonds is 5. The Hall–Kier alpha value is -2.24. The molecule has 0 radical (unpaired) electrons. The summed E-state index contributed by atoms with van der Waals surface area (Å²) in [5, 5.41) is 2.81. The minimum atomic E-state index is -0.929. The molecular formula is C17H20F2N2O2. The second kappa shape index (κ2) is 6.89. The highest BCUT2D eigenvalue weighted by Crippen LogP contribution is 2.40. The van der Waals surface area contributed by atoms with Gasteiger partial charge in [-0.05, 0) is 25.0 Å². The minimum Gasteiger partial charge on any atom is -0.345 e. The van der Waals surface area contributed by atoms with E-state index in [0.29, 0.717) is 12.8 Å². The molecule has 4 nitrogen and oxygen atoms in total. The molecule has 1 saturated carbocycles. The number of carbonyl (C=O) groups excluding carboxylic acids is 2. The number of carbonyl (C=O) groups is 2. The van der Waals surface area contributed by atoms with Crippen LogP contribution < -0.4 is 5.32 Å². The van der Waals surface area contributed by atoms with Crippen LogP contribution in [0.25, 0.3) is 0 Å². The van der Waals surface area contributed by atoms with E-state index in [1.54, 1.807) is 0 Å². The summed E-state index contributed by atoms with van der Waals surface area (Å²) in [5.41, 5.74) is -0.748. The van der Waals surface area contributed by atoms with Crippen LogP contribution in [-0.2, 0) is 15.1 Å². The average Bonchev–Trinajstić information content (AvgIpc) is 2.98. The molecule has 2 amide bonds. The normalized spacial score (nSPS) is 16.0. The fraction of sp³-hybridized carbons (Fsp3) is 0.412. The van der Waals surface area contributed by atoms with E-state index in [9.17, 15) is 18.4 Å². The first-order valence-electron chi connectivity index (χ1n) is 7.52. The number of nitrogens with zero attached hydrogens (tertiary/aromatic N) is 1. The van der Waals surface area contributed by atoms with Gasteiger partial charge >= 0.3 is 0 Å². The maximum Gasteiger partial charge on any atom is 0.246 e. The first kappa shape index (κ1) is 17.1. The maximum absolute atomic E-state index is 14.2. The molecule has 1 N–H and O–H groups in total. The van der Waals surface area contributed by atoms with Gasteiger partial charge in [0.15, 0.2) is 11.6 Å². The van der Waals surface area contributed by atoms with Crippen molar-refractivity contribution in [1.29, 1.82) is 0 Å². The molecule has 124 valence electrons. The van der Waals surface area contributed by atoms with Gasteiger partial charge in [0.05, 0.1) is 12.1 Å². The molecule has 0 aromatic heterocycles. The van der Waals surface area contributed by atoms with Gasteiger partial charge < -0.3 is 10.2 Å². The summed E-state index contributed by atoms with van der Waals surface area (Å²) in [6.07, 6.45) is 3.83. The van der Waals surface area contributed by atoms with Crippen LogP contribution in [0.1, 0.15) is 31.2 Å². The van der Waals surface area contributed by atoms with E-state index in [-0.39, 0.29) is 18.0 Å². The highest BCUT2D eigenvalue weighted by molar-refractivity contribution is 5.90. The van der Waals surface area contributed by atoms with Crippen molar-refractivity contribution in [1.82, 2.24) is 10.2 Å². The Morgan fingerprint density at radius 2 is 2.00 bits per heavy atom. The summed E-state index contributed by atoms with van der Waals surface area (Å²) in [7, 11) is 1.48. The molecule has 0 unspecified atom stereocenters. The van der Waals surface area contributed by atoms with Gasteiger partial charge in [-0.1, -0.05) is 31.6 Å². The molecule has 1 aromatic carbocycles. The van der Waals surface area contributed by atoms with Crippen molar-refractivity contribution in [3.63, 3.8) is 0 Å². The summed E-state index contributed by atoms with van der Waals surface area (Å²) in [5.74, 6) is -2.64. The zero-order valence-electron chi connectivity index (χ0n) is 13.1. The molecule has 1 aliphatic rings. The van der Waals surface area contributed by atoms with Crippen molar-refractivity contribution in [2.75, 3.05) is 13.6 Å². The lowest BCUT2D eigenvalue weighted by Gasteiger charge is -2.32. The topological polar surface area (TPSA) is 49.4 Å². The lowest BCUT2D eigenvalue weighted by Crippen LogP contribution is -2.48. The number of likely N-dealkylation sites (N-methyl/N-ethyl adjacent to an activating group) is 1. The quantitative estimate of drug-likeness (QED) is 0.847. The van der Waals surface area contributed by atoms with E-state index in [1.807, 2.05) is 0 Å². The number of hydrogen-bond acceptors (Lipinski definition) is 2. The Balaban J connectivity index is 2.22. The van der Waals surface area contributed by atoms with Crippen molar-refractivity contribution in [2.24, 2.45) is 0 Å². The molecule has 0 heterocycles. The Labute approximate surface area is 134 Å². The second-order valence-electron chi connectivity index (χ2n) is 5.84. The molecule has 0 saturated heterocycles. The van der Waals surface area contributed by atoms with Gasteiger partial charge in [0.25, 0.3) is 0 Å². The smallest absolute Gasteiger partial charge is 0.246 e. The standard InChI is InChI=1S/C17H20F2N2O2/c1-3-15(23)21(2)11-14(22)20-17(9-4-5-10-17)12-7-6-8-13(18)16(12)19/h3,6-8H,1,4-5,9-11H2,2H3,(H,20,22). The third-order valence-corrected chi connectivity index (χ3v) is 4.23. The van der Waals surface area contributed by atoms with Gasteiger partial charge in [-0.25, -0.2) is 8.78 Å². The fourth-order valence-corrected chi connectivity index (χ4v) is 3.07. The van der Waals surface area contributed by atoms with Crippen LogP contribution >= 0.6 is 0 Å². The Morgan fingerprint density at radius 3 is 2.61 bits per heavy atom. The Morgan fingerprint density at radius 1 is 1.35 bits per heavy atom. The summed E-state index contributed by atoms with van der Waals surface area (Å²) in [6.45, 7) is 3.20. The molecule has 0 aliphatic heterocycles. The van der Waals surface area contributed by atoms with E-state index in [2.05, 4.69) is 11.9 Å². The first-order valence-corrected chi connectivity index (χ1v) is 7.52. The van der Waals surface area contributed by atoms with E-state index in [1.165, 1.54) is 24.1 Å². The minimum absolute atomic E-state index is 0.163. The lowest BCUT2D eigenvalue weighted by atomic mass is 9.87. The summed E-state index contributed by atoms with van der Waals surface area (Å²) in [6, 6.07) is 4.00. The van der Waals surface area contributed by atoms with E-state index in [4.69, 9.17) is 0 Å². The van der Waals surface area contributed by atoms with Crippen LogP contribution in [-0.4, -0.2) is 30.3 Å². The molecule has 1 aliphatic carbocycles. The van der Waals surface area contributed by atoms with E-state index >= 15 is 0 Å². The third-order valence-electron chi connectivity index (χ3n) is 4.23. The van der Waals surface area contributed by atoms with Crippen LogP contribution in [0.2, 0.25) is 0 Å². The van der Waals surface area contributed by atoms with Crippen molar-refractivity contribution in [3.8, 4) is 0 Å². The Bertz CT molecular complexity index is 625. The molecular weight excluding hydrogens is 302 g/mol. The summed E-state index contributed by atoms with van der Waals surface area (Å²) < 4.78 is 27.7. The van der Waals surface area contributed by atoms with Crippen molar-refractivity contribution >= 4 is 11.8 Å². The van der Waals surface area contributed by atoms with Crippen LogP contribution in [0.3, 0.4) is 0 Å². The molecule has 6 heteroatoms. The number of hydrogen-bond donors (Lipinski definition) is 1. The van der Waals surface area contributed by atoms with Gasteiger partial charge in [-0.15, -0.1) is 0 Å². The maximum atomic E-state index is 14.2. The molecule has 1 fully saturated rings. The zero-order valence-corrected chi connectivity index (χ0v) is 13.1. The number of halogens is 2. The molecule has 0 atom stereocenters. The van der Waals surface area contributed by atoms with E-state index < -0.39 is 23.1 Å². The Kier molecular flexibility index (Phi) is 5.13. The van der Waals surface area contributed by atoms with Crippen molar-refractivity contribution in [3.05, 3.63) is 48.1 Å². The van der Waals surface area contributed by atoms with Crippen LogP contribution in [0.5, 0.6) is 0 Å². The molecule has 0 spiro atoms. The van der Waals surface area contributed by atoms with Gasteiger partial charge in [-0.3, -0.25) is 9.59 Å². The molecule has 23 heavy (non-hydrogen) atoms. The first-order chi connectivity index (χ1) is 10.9. The van der Waals surface area contributed by atoms with Crippen LogP contribution in [0.4, 0.5) is 8.78 Å². The molecule has 2 rings (SSSR count). The number of nitrogens with one attached hydrogen (secondary N) is 1. The highest BCUT2D eigenvalue weighted by atomic mass is 19.2. The predicted octanol–water partition coefficient (Wildman–Crippen LogP) is 2.49. The lowest BCUT2D eigenvalue weighted by molar-refractivity contribution is -0.132. The molecule has 0 bridgehead atoms. The van der Waals surface area contributed by atoms with Gasteiger partial charge in [0, 0.05) is 12.6 Å². The fourth-order valence-electron chi connectivity index (χ4n) is 3.07. The average molecular weight is 322 g/mol. The third kappa shape index (κ3) is 3.57. The summed E-state index contributed by atoms with van der Waals surface area (Å²) >= 11 is 0. The van der Waals surface area contributed by atoms with Crippen molar-refractivity contribution < 1.29 is 18.4 Å². The van der Waals surface area contributed by atoms with Crippen LogP contribution in [0, 0.1) is 11.6 Å².